The van der Waals surface area contributed by atoms with Crippen LogP contribution in [-0.4, -0.2) is 15.3 Å². The number of hydrogen-bond acceptors (Lipinski definition) is 4. The molecule has 0 unspecified atom stereocenters. The molecule has 3 aromatic rings. The van der Waals surface area contributed by atoms with Crippen molar-refractivity contribution >= 4 is 0 Å². The number of nitrogens with one attached hydrogen (secondary N) is 1. The Labute approximate surface area is 210 Å². The van der Waals surface area contributed by atoms with E-state index in [9.17, 15) is 15.3 Å². The van der Waals surface area contributed by atoms with Crippen LogP contribution >= 0.6 is 0 Å². The van der Waals surface area contributed by atoms with Crippen LogP contribution in [0, 0.1) is 6.92 Å². The molecule has 0 radical (unpaired) electrons. The summed E-state index contributed by atoms with van der Waals surface area (Å²) in [6, 6.07) is 18.9. The van der Waals surface area contributed by atoms with Gasteiger partial charge in [-0.1, -0.05) is 75.7 Å². The van der Waals surface area contributed by atoms with Crippen LogP contribution in [0.1, 0.15) is 79.0 Å². The Morgan fingerprint density at radius 2 is 1.37 bits per heavy atom. The molecule has 0 saturated heterocycles. The van der Waals surface area contributed by atoms with Gasteiger partial charge in [0.05, 0.1) is 18.8 Å². The van der Waals surface area contributed by atoms with Gasteiger partial charge in [0.25, 0.3) is 0 Å². The normalized spacial score (nSPS) is 11.7. The van der Waals surface area contributed by atoms with Crippen LogP contribution in [0.25, 0.3) is 11.1 Å². The molecule has 35 heavy (non-hydrogen) atoms. The van der Waals surface area contributed by atoms with Crippen LogP contribution < -0.4 is 5.32 Å². The Morgan fingerprint density at radius 3 is 2.00 bits per heavy atom. The maximum atomic E-state index is 11.1. The summed E-state index contributed by atoms with van der Waals surface area (Å²) in [6.45, 7) is 9.73. The highest BCUT2D eigenvalue weighted by molar-refractivity contribution is 5.72. The minimum absolute atomic E-state index is 0.0626. The van der Waals surface area contributed by atoms with Crippen molar-refractivity contribution in [2.24, 2.45) is 0 Å². The lowest BCUT2D eigenvalue weighted by Gasteiger charge is -2.27. The topological polar surface area (TPSA) is 72.7 Å². The largest absolute Gasteiger partial charge is 0.392 e. The van der Waals surface area contributed by atoms with Crippen molar-refractivity contribution in [3.05, 3.63) is 93.5 Å². The van der Waals surface area contributed by atoms with Crippen molar-refractivity contribution in [1.82, 2.24) is 5.32 Å². The van der Waals surface area contributed by atoms with Gasteiger partial charge in [0.2, 0.25) is 0 Å². The highest BCUT2D eigenvalue weighted by Gasteiger charge is 2.25. The molecule has 0 amide bonds. The van der Waals surface area contributed by atoms with Gasteiger partial charge >= 0.3 is 0 Å². The van der Waals surface area contributed by atoms with Gasteiger partial charge in [-0.25, -0.2) is 0 Å². The summed E-state index contributed by atoms with van der Waals surface area (Å²) in [4.78, 5) is 0. The monoisotopic (exact) mass is 475 g/mol. The number of hydrogen-bond donors (Lipinski definition) is 4. The van der Waals surface area contributed by atoms with Gasteiger partial charge in [-0.2, -0.15) is 0 Å². The first-order valence-electron chi connectivity index (χ1n) is 12.9. The average Bonchev–Trinajstić information content (AvgIpc) is 2.89. The van der Waals surface area contributed by atoms with Crippen molar-refractivity contribution in [3.63, 3.8) is 0 Å². The number of rotatable bonds is 12. The molecule has 0 aliphatic heterocycles. The lowest BCUT2D eigenvalue weighted by Crippen LogP contribution is -2.23. The van der Waals surface area contributed by atoms with E-state index in [4.69, 9.17) is 0 Å². The zero-order valence-corrected chi connectivity index (χ0v) is 21.7. The smallest absolute Gasteiger partial charge is 0.0891 e. The Balaban J connectivity index is 1.82. The maximum Gasteiger partial charge on any atom is 0.0891 e. The maximum absolute atomic E-state index is 11.1. The molecule has 0 heterocycles. The van der Waals surface area contributed by atoms with Crippen LogP contribution in [0.15, 0.2) is 54.6 Å². The van der Waals surface area contributed by atoms with Crippen molar-refractivity contribution in [2.45, 2.75) is 85.3 Å². The fraction of sp³-hybridized carbons (Fsp3) is 0.419. The molecule has 4 heteroatoms. The third-order valence-electron chi connectivity index (χ3n) is 7.19. The Kier molecular flexibility index (Phi) is 9.64. The molecule has 3 rings (SSSR count). The molecule has 0 aliphatic carbocycles. The van der Waals surface area contributed by atoms with Gasteiger partial charge in [0, 0.05) is 13.1 Å². The second-order valence-corrected chi connectivity index (χ2v) is 9.53. The standard InChI is InChI=1S/C31H41NO3/c1-5-8-25-17-28(31(35,6-2)7-3)13-14-29(25)30-16-24(10-9-22(30)4)19-32-18-23-11-12-26(20-33)27(15-23)21-34/h9-17,32-35H,5-8,18-21H2,1-4H3. The van der Waals surface area contributed by atoms with Gasteiger partial charge in [-0.05, 0) is 82.3 Å². The SMILES string of the molecule is CCCc1cc(C(O)(CC)CC)ccc1-c1cc(CNCc2ccc(CO)c(CO)c2)ccc1C. The minimum Gasteiger partial charge on any atom is -0.392 e. The number of aliphatic hydroxyl groups is 3. The summed E-state index contributed by atoms with van der Waals surface area (Å²) in [7, 11) is 0. The first-order chi connectivity index (χ1) is 16.9. The van der Waals surface area contributed by atoms with E-state index in [1.54, 1.807) is 0 Å². The molecule has 4 N–H and O–H groups in total. The summed E-state index contributed by atoms with van der Waals surface area (Å²) in [5.41, 5.74) is 9.10. The van der Waals surface area contributed by atoms with Crippen molar-refractivity contribution < 1.29 is 15.3 Å². The minimum atomic E-state index is -0.771. The summed E-state index contributed by atoms with van der Waals surface area (Å²) in [5, 5.41) is 33.5. The molecule has 0 aliphatic rings. The molecule has 0 saturated carbocycles. The first-order valence-corrected chi connectivity index (χ1v) is 12.9. The molecule has 0 spiro atoms. The first kappa shape index (κ1) is 27.1. The molecule has 0 aromatic heterocycles. The number of benzene rings is 3. The van der Waals surface area contributed by atoms with E-state index in [-0.39, 0.29) is 13.2 Å². The molecule has 3 aromatic carbocycles. The van der Waals surface area contributed by atoms with Crippen molar-refractivity contribution in [3.8, 4) is 11.1 Å². The zero-order valence-electron chi connectivity index (χ0n) is 21.7. The zero-order chi connectivity index (χ0) is 25.4. The van der Waals surface area contributed by atoms with E-state index in [1.165, 1.54) is 27.8 Å². The van der Waals surface area contributed by atoms with Crippen LogP contribution in [0.4, 0.5) is 0 Å². The molecular weight excluding hydrogens is 434 g/mol. The third kappa shape index (κ3) is 6.39. The highest BCUT2D eigenvalue weighted by atomic mass is 16.3. The lowest BCUT2D eigenvalue weighted by molar-refractivity contribution is 0.0283. The third-order valence-corrected chi connectivity index (χ3v) is 7.19. The summed E-state index contributed by atoms with van der Waals surface area (Å²) >= 11 is 0. The van der Waals surface area contributed by atoms with Crippen LogP contribution in [0.2, 0.25) is 0 Å². The van der Waals surface area contributed by atoms with E-state index in [1.807, 2.05) is 32.0 Å². The number of aliphatic hydroxyl groups excluding tert-OH is 2. The summed E-state index contributed by atoms with van der Waals surface area (Å²) in [6.07, 6.45) is 3.44. The fourth-order valence-corrected chi connectivity index (χ4v) is 4.79. The lowest BCUT2D eigenvalue weighted by atomic mass is 9.84. The highest BCUT2D eigenvalue weighted by Crippen LogP contribution is 2.35. The van der Waals surface area contributed by atoms with E-state index in [0.29, 0.717) is 19.4 Å². The average molecular weight is 476 g/mol. The Morgan fingerprint density at radius 1 is 0.714 bits per heavy atom. The van der Waals surface area contributed by atoms with Crippen LogP contribution in [0.3, 0.4) is 0 Å². The van der Waals surface area contributed by atoms with E-state index < -0.39 is 5.60 Å². The van der Waals surface area contributed by atoms with Gasteiger partial charge < -0.3 is 20.6 Å². The van der Waals surface area contributed by atoms with Crippen LogP contribution in [0.5, 0.6) is 0 Å². The summed E-state index contributed by atoms with van der Waals surface area (Å²) < 4.78 is 0. The predicted octanol–water partition coefficient (Wildman–Crippen LogP) is 5.90. The summed E-state index contributed by atoms with van der Waals surface area (Å²) in [5.74, 6) is 0. The predicted molar refractivity (Wildman–Crippen MR) is 144 cm³/mol. The van der Waals surface area contributed by atoms with Gasteiger partial charge in [-0.15, -0.1) is 0 Å². The van der Waals surface area contributed by atoms with E-state index in [0.717, 1.165) is 41.6 Å². The molecule has 0 atom stereocenters. The van der Waals surface area contributed by atoms with Crippen molar-refractivity contribution in [2.75, 3.05) is 0 Å². The fourth-order valence-electron chi connectivity index (χ4n) is 4.79. The Hall–Kier alpha value is -2.50. The quantitative estimate of drug-likeness (QED) is 0.263. The molecule has 0 fully saturated rings. The molecule has 4 nitrogen and oxygen atoms in total. The molecule has 188 valence electrons. The van der Waals surface area contributed by atoms with Crippen LogP contribution in [-0.2, 0) is 38.3 Å². The molecule has 0 bridgehead atoms. The van der Waals surface area contributed by atoms with E-state index >= 15 is 0 Å². The second-order valence-electron chi connectivity index (χ2n) is 9.53. The van der Waals surface area contributed by atoms with Gasteiger partial charge in [0.15, 0.2) is 0 Å². The molecular formula is C31H41NO3. The second kappa shape index (κ2) is 12.5. The number of aryl methyl sites for hydroxylation is 2. The van der Waals surface area contributed by atoms with Gasteiger partial charge in [-0.3, -0.25) is 0 Å². The van der Waals surface area contributed by atoms with Gasteiger partial charge in [0.1, 0.15) is 0 Å². The van der Waals surface area contributed by atoms with E-state index in [2.05, 4.69) is 55.6 Å². The Bertz CT molecular complexity index is 1120. The van der Waals surface area contributed by atoms with Crippen molar-refractivity contribution in [1.29, 1.82) is 0 Å².